The van der Waals surface area contributed by atoms with E-state index in [2.05, 4.69) is 10.0 Å². The minimum Gasteiger partial charge on any atom is -0.352 e. The summed E-state index contributed by atoms with van der Waals surface area (Å²) < 4.78 is 27.6. The Morgan fingerprint density at radius 3 is 2.33 bits per heavy atom. The van der Waals surface area contributed by atoms with Crippen LogP contribution >= 0.6 is 0 Å². The molecule has 0 atom stereocenters. The third-order valence-corrected chi connectivity index (χ3v) is 5.07. The van der Waals surface area contributed by atoms with Crippen molar-refractivity contribution in [1.82, 2.24) is 5.32 Å². The van der Waals surface area contributed by atoms with Crippen LogP contribution in [0.3, 0.4) is 0 Å². The number of carbonyl (C=O) groups excluding carboxylic acids is 1. The molecule has 0 aliphatic heterocycles. The summed E-state index contributed by atoms with van der Waals surface area (Å²) in [5.41, 5.74) is 2.45. The first-order valence-electron chi connectivity index (χ1n) is 7.82. The van der Waals surface area contributed by atoms with E-state index >= 15 is 0 Å². The minimum atomic E-state index is -3.69. The third-order valence-electron chi connectivity index (χ3n) is 3.69. The molecular formula is C18H22N2O3S. The van der Waals surface area contributed by atoms with Crippen LogP contribution in [-0.2, 0) is 10.0 Å². The number of sulfonamides is 1. The summed E-state index contributed by atoms with van der Waals surface area (Å²) in [5, 5.41) is 2.80. The molecular weight excluding hydrogens is 324 g/mol. The van der Waals surface area contributed by atoms with E-state index in [0.29, 0.717) is 23.4 Å². The van der Waals surface area contributed by atoms with Gasteiger partial charge in [-0.15, -0.1) is 0 Å². The molecule has 5 nitrogen and oxygen atoms in total. The van der Waals surface area contributed by atoms with Crippen LogP contribution in [0.15, 0.2) is 47.4 Å². The first kappa shape index (κ1) is 18.0. The van der Waals surface area contributed by atoms with Crippen LogP contribution in [0.5, 0.6) is 0 Å². The zero-order chi connectivity index (χ0) is 17.7. The van der Waals surface area contributed by atoms with E-state index in [1.807, 2.05) is 13.8 Å². The number of nitrogens with one attached hydrogen (secondary N) is 2. The second-order valence-electron chi connectivity index (χ2n) is 5.65. The molecule has 0 saturated carbocycles. The molecule has 0 aliphatic carbocycles. The number of hydrogen-bond donors (Lipinski definition) is 2. The first-order valence-corrected chi connectivity index (χ1v) is 9.30. The molecule has 0 bridgehead atoms. The second-order valence-corrected chi connectivity index (χ2v) is 7.33. The van der Waals surface area contributed by atoms with Gasteiger partial charge in [0.2, 0.25) is 0 Å². The Kier molecular flexibility index (Phi) is 5.62. The molecule has 24 heavy (non-hydrogen) atoms. The van der Waals surface area contributed by atoms with E-state index in [1.54, 1.807) is 49.4 Å². The fourth-order valence-corrected chi connectivity index (χ4v) is 3.37. The number of amides is 1. The van der Waals surface area contributed by atoms with Crippen LogP contribution in [0.1, 0.15) is 34.8 Å². The Hall–Kier alpha value is -2.34. The summed E-state index contributed by atoms with van der Waals surface area (Å²) in [5.74, 6) is -0.203. The van der Waals surface area contributed by atoms with Gasteiger partial charge in [-0.25, -0.2) is 8.42 Å². The number of rotatable bonds is 6. The molecule has 6 heteroatoms. The average Bonchev–Trinajstić information content (AvgIpc) is 2.55. The quantitative estimate of drug-likeness (QED) is 0.843. The lowest BCUT2D eigenvalue weighted by molar-refractivity contribution is 0.0953. The molecule has 2 aromatic carbocycles. The van der Waals surface area contributed by atoms with Crippen molar-refractivity contribution in [3.8, 4) is 0 Å². The number of anilines is 1. The van der Waals surface area contributed by atoms with Gasteiger partial charge in [0.1, 0.15) is 0 Å². The first-order chi connectivity index (χ1) is 11.3. The van der Waals surface area contributed by atoms with Crippen molar-refractivity contribution in [3.05, 3.63) is 59.2 Å². The molecule has 0 heterocycles. The summed E-state index contributed by atoms with van der Waals surface area (Å²) in [6.45, 7) is 6.18. The van der Waals surface area contributed by atoms with Gasteiger partial charge in [-0.1, -0.05) is 30.7 Å². The average molecular weight is 346 g/mol. The molecule has 0 unspecified atom stereocenters. The van der Waals surface area contributed by atoms with E-state index < -0.39 is 10.0 Å². The fraction of sp³-hybridized carbons (Fsp3) is 0.278. The van der Waals surface area contributed by atoms with Gasteiger partial charge in [-0.3, -0.25) is 9.52 Å². The van der Waals surface area contributed by atoms with Crippen molar-refractivity contribution in [2.75, 3.05) is 11.3 Å². The van der Waals surface area contributed by atoms with E-state index in [9.17, 15) is 13.2 Å². The zero-order valence-corrected chi connectivity index (χ0v) is 14.9. The third kappa shape index (κ3) is 4.14. The van der Waals surface area contributed by atoms with Crippen LogP contribution in [0.2, 0.25) is 0 Å². The van der Waals surface area contributed by atoms with Gasteiger partial charge in [0.05, 0.1) is 10.6 Å². The maximum atomic E-state index is 12.5. The van der Waals surface area contributed by atoms with Gasteiger partial charge >= 0.3 is 0 Å². The lowest BCUT2D eigenvalue weighted by atomic mass is 10.1. The Labute approximate surface area is 143 Å². The van der Waals surface area contributed by atoms with E-state index in [-0.39, 0.29) is 10.8 Å². The van der Waals surface area contributed by atoms with Crippen molar-refractivity contribution < 1.29 is 13.2 Å². The minimum absolute atomic E-state index is 0.188. The Morgan fingerprint density at radius 2 is 1.71 bits per heavy atom. The molecule has 2 N–H and O–H groups in total. The highest BCUT2D eigenvalue weighted by molar-refractivity contribution is 7.92. The standard InChI is InChI=1S/C18H22N2O3S/c1-4-12-19-18(21)16-6-5-7-17(14(16)3)20-24(22,23)15-10-8-13(2)9-11-15/h5-11,20H,4,12H2,1-3H3,(H,19,21). The van der Waals surface area contributed by atoms with Crippen LogP contribution in [0.4, 0.5) is 5.69 Å². The van der Waals surface area contributed by atoms with Crippen molar-refractivity contribution in [2.24, 2.45) is 0 Å². The van der Waals surface area contributed by atoms with Crippen molar-refractivity contribution in [1.29, 1.82) is 0 Å². The second kappa shape index (κ2) is 7.49. The SMILES string of the molecule is CCCNC(=O)c1cccc(NS(=O)(=O)c2ccc(C)cc2)c1C. The van der Waals surface area contributed by atoms with Gasteiger partial charge < -0.3 is 5.32 Å². The van der Waals surface area contributed by atoms with Crippen LogP contribution in [0, 0.1) is 13.8 Å². The van der Waals surface area contributed by atoms with Crippen LogP contribution in [0.25, 0.3) is 0 Å². The van der Waals surface area contributed by atoms with Gasteiger partial charge in [0, 0.05) is 12.1 Å². The highest BCUT2D eigenvalue weighted by atomic mass is 32.2. The summed E-state index contributed by atoms with van der Waals surface area (Å²) in [6, 6.07) is 11.6. The van der Waals surface area contributed by atoms with E-state index in [4.69, 9.17) is 0 Å². The molecule has 0 radical (unpaired) electrons. The van der Waals surface area contributed by atoms with Gasteiger partial charge in [0.15, 0.2) is 0 Å². The van der Waals surface area contributed by atoms with E-state index in [0.717, 1.165) is 12.0 Å². The number of benzene rings is 2. The maximum Gasteiger partial charge on any atom is 0.261 e. The predicted molar refractivity (Wildman–Crippen MR) is 95.8 cm³/mol. The molecule has 0 spiro atoms. The zero-order valence-electron chi connectivity index (χ0n) is 14.1. The summed E-state index contributed by atoms with van der Waals surface area (Å²) >= 11 is 0. The highest BCUT2D eigenvalue weighted by Crippen LogP contribution is 2.22. The lowest BCUT2D eigenvalue weighted by Crippen LogP contribution is -2.25. The van der Waals surface area contributed by atoms with Crippen molar-refractivity contribution in [2.45, 2.75) is 32.1 Å². The van der Waals surface area contributed by atoms with Gasteiger partial charge in [0.25, 0.3) is 15.9 Å². The van der Waals surface area contributed by atoms with Gasteiger partial charge in [-0.05, 0) is 50.1 Å². The van der Waals surface area contributed by atoms with Crippen molar-refractivity contribution >= 4 is 21.6 Å². The molecule has 0 aromatic heterocycles. The summed E-state index contributed by atoms with van der Waals surface area (Å²) in [4.78, 5) is 12.3. The smallest absolute Gasteiger partial charge is 0.261 e. The topological polar surface area (TPSA) is 75.3 Å². The van der Waals surface area contributed by atoms with Crippen LogP contribution < -0.4 is 10.0 Å². The normalized spacial score (nSPS) is 11.1. The number of aryl methyl sites for hydroxylation is 1. The maximum absolute atomic E-state index is 12.5. The van der Waals surface area contributed by atoms with Crippen molar-refractivity contribution in [3.63, 3.8) is 0 Å². The van der Waals surface area contributed by atoms with Gasteiger partial charge in [-0.2, -0.15) is 0 Å². The Morgan fingerprint density at radius 1 is 1.04 bits per heavy atom. The fourth-order valence-electron chi connectivity index (χ4n) is 2.25. The molecule has 1 amide bonds. The molecule has 0 fully saturated rings. The monoisotopic (exact) mass is 346 g/mol. The molecule has 0 aliphatic rings. The Bertz CT molecular complexity index is 828. The van der Waals surface area contributed by atoms with Crippen LogP contribution in [-0.4, -0.2) is 20.9 Å². The largest absolute Gasteiger partial charge is 0.352 e. The summed E-state index contributed by atoms with van der Waals surface area (Å²) in [6.07, 6.45) is 0.838. The summed E-state index contributed by atoms with van der Waals surface area (Å²) in [7, 11) is -3.69. The molecule has 2 rings (SSSR count). The Balaban J connectivity index is 2.29. The lowest BCUT2D eigenvalue weighted by Gasteiger charge is -2.14. The molecule has 0 saturated heterocycles. The number of hydrogen-bond acceptors (Lipinski definition) is 3. The number of carbonyl (C=O) groups is 1. The predicted octanol–water partition coefficient (Wildman–Crippen LogP) is 3.24. The highest BCUT2D eigenvalue weighted by Gasteiger charge is 2.17. The molecule has 2 aromatic rings. The molecule has 128 valence electrons. The van der Waals surface area contributed by atoms with E-state index in [1.165, 1.54) is 0 Å².